The van der Waals surface area contributed by atoms with Gasteiger partial charge in [0.1, 0.15) is 5.52 Å². The van der Waals surface area contributed by atoms with Gasteiger partial charge in [-0.25, -0.2) is 9.97 Å². The van der Waals surface area contributed by atoms with Crippen molar-refractivity contribution in [1.82, 2.24) is 14.5 Å². The lowest BCUT2D eigenvalue weighted by Crippen LogP contribution is -2.48. The van der Waals surface area contributed by atoms with E-state index in [4.69, 9.17) is 4.43 Å². The summed E-state index contributed by atoms with van der Waals surface area (Å²) >= 11 is 0. The zero-order valence-corrected chi connectivity index (χ0v) is 16.2. The number of fused-ring (bicyclic) bond motifs is 1. The van der Waals surface area contributed by atoms with Crippen molar-refractivity contribution in [2.75, 3.05) is 0 Å². The van der Waals surface area contributed by atoms with E-state index in [2.05, 4.69) is 43.8 Å². The molecular weight excluding hydrogens is 347 g/mol. The van der Waals surface area contributed by atoms with Gasteiger partial charge in [-0.3, -0.25) is 0 Å². The largest absolute Gasteiger partial charge is 0.449 e. The summed E-state index contributed by atoms with van der Waals surface area (Å²) in [7, 11) is -1.92. The number of pyridine rings is 1. The van der Waals surface area contributed by atoms with E-state index in [0.29, 0.717) is 18.5 Å². The Morgan fingerprint density at radius 1 is 1.20 bits per heavy atom. The number of hydrogen-bond acceptors (Lipinski definition) is 3. The highest BCUT2D eigenvalue weighted by atomic mass is 28.4. The molecule has 2 heterocycles. The van der Waals surface area contributed by atoms with Crippen LogP contribution in [0.25, 0.3) is 11.2 Å². The van der Waals surface area contributed by atoms with E-state index in [1.165, 1.54) is 10.8 Å². The van der Waals surface area contributed by atoms with Gasteiger partial charge in [0.15, 0.2) is 14.0 Å². The lowest BCUT2D eigenvalue weighted by atomic mass is 9.89. The molecule has 25 heavy (non-hydrogen) atoms. The van der Waals surface area contributed by atoms with Crippen LogP contribution >= 0.6 is 0 Å². The molecule has 1 saturated carbocycles. The number of imidazole rings is 1. The van der Waals surface area contributed by atoms with Crippen LogP contribution in [-0.2, 0) is 10.6 Å². The molecule has 0 spiro atoms. The third-order valence-electron chi connectivity index (χ3n) is 5.40. The van der Waals surface area contributed by atoms with Crippen LogP contribution in [0.2, 0.25) is 18.1 Å². The lowest BCUT2D eigenvalue weighted by Gasteiger charge is -2.45. The van der Waals surface area contributed by atoms with Gasteiger partial charge < -0.3 is 8.99 Å². The highest BCUT2D eigenvalue weighted by molar-refractivity contribution is 6.74. The number of halogens is 3. The van der Waals surface area contributed by atoms with E-state index >= 15 is 0 Å². The SMILES string of the molecule is CC(C)(C)[Si](C)(C)OC1CC(n2c(C(F)(F)F)nc3cccnc32)C1. The molecule has 1 fully saturated rings. The minimum atomic E-state index is -4.49. The van der Waals surface area contributed by atoms with Crippen LogP contribution in [0, 0.1) is 0 Å². The van der Waals surface area contributed by atoms with Gasteiger partial charge in [0.05, 0.1) is 0 Å². The van der Waals surface area contributed by atoms with E-state index in [-0.39, 0.29) is 22.7 Å². The van der Waals surface area contributed by atoms with E-state index < -0.39 is 20.3 Å². The van der Waals surface area contributed by atoms with Crippen molar-refractivity contribution >= 4 is 19.5 Å². The maximum absolute atomic E-state index is 13.4. The predicted molar refractivity (Wildman–Crippen MR) is 92.9 cm³/mol. The molecule has 3 rings (SSSR count). The molecular formula is C17H24F3N3OSi. The summed E-state index contributed by atoms with van der Waals surface area (Å²) in [5.74, 6) is -0.864. The highest BCUT2D eigenvalue weighted by Crippen LogP contribution is 2.45. The first-order chi connectivity index (χ1) is 11.4. The van der Waals surface area contributed by atoms with Crippen LogP contribution in [0.1, 0.15) is 45.5 Å². The van der Waals surface area contributed by atoms with Crippen molar-refractivity contribution in [1.29, 1.82) is 0 Å². The van der Waals surface area contributed by atoms with E-state index in [1.807, 2.05) is 0 Å². The Labute approximate surface area is 146 Å². The van der Waals surface area contributed by atoms with Gasteiger partial charge in [0.25, 0.3) is 0 Å². The molecule has 0 N–H and O–H groups in total. The van der Waals surface area contributed by atoms with Crippen molar-refractivity contribution in [3.63, 3.8) is 0 Å². The summed E-state index contributed by atoms with van der Waals surface area (Å²) < 4.78 is 47.7. The zero-order chi connectivity index (χ0) is 18.6. The average Bonchev–Trinajstić information content (AvgIpc) is 2.80. The first-order valence-corrected chi connectivity index (χ1v) is 11.4. The molecule has 0 bridgehead atoms. The molecule has 2 aromatic heterocycles. The van der Waals surface area contributed by atoms with Gasteiger partial charge in [-0.1, -0.05) is 20.8 Å². The minimum Gasteiger partial charge on any atom is -0.414 e. The van der Waals surface area contributed by atoms with E-state index in [1.54, 1.807) is 12.1 Å². The molecule has 1 aliphatic carbocycles. The zero-order valence-electron chi connectivity index (χ0n) is 15.2. The summed E-state index contributed by atoms with van der Waals surface area (Å²) in [6.07, 6.45) is -1.85. The monoisotopic (exact) mass is 371 g/mol. The van der Waals surface area contributed by atoms with E-state index in [0.717, 1.165) is 0 Å². The van der Waals surface area contributed by atoms with Crippen LogP contribution in [0.15, 0.2) is 18.3 Å². The molecule has 0 amide bonds. The quantitative estimate of drug-likeness (QED) is 0.698. The van der Waals surface area contributed by atoms with Crippen LogP contribution in [0.4, 0.5) is 13.2 Å². The minimum absolute atomic E-state index is 0.00753. The van der Waals surface area contributed by atoms with Crippen molar-refractivity contribution in [2.45, 2.75) is 70.1 Å². The molecule has 0 saturated heterocycles. The van der Waals surface area contributed by atoms with Gasteiger partial charge in [0, 0.05) is 18.3 Å². The standard InChI is InChI=1S/C17H24F3N3OSi/c1-16(2,3)25(4,5)24-12-9-11(10-12)23-14-13(7-6-8-21-14)22-15(23)17(18,19)20/h6-8,11-12H,9-10H2,1-5H3. The summed E-state index contributed by atoms with van der Waals surface area (Å²) in [5.41, 5.74) is 0.578. The molecule has 0 aliphatic heterocycles. The Bertz CT molecular complexity index is 774. The van der Waals surface area contributed by atoms with Gasteiger partial charge in [-0.15, -0.1) is 0 Å². The smallest absolute Gasteiger partial charge is 0.414 e. The number of rotatable bonds is 3. The fourth-order valence-electron chi connectivity index (χ4n) is 2.91. The van der Waals surface area contributed by atoms with Crippen LogP contribution in [0.3, 0.4) is 0 Å². The first-order valence-electron chi connectivity index (χ1n) is 8.48. The molecule has 0 radical (unpaired) electrons. The Morgan fingerprint density at radius 2 is 1.84 bits per heavy atom. The summed E-state index contributed by atoms with van der Waals surface area (Å²) in [6, 6.07) is 2.90. The fourth-order valence-corrected chi connectivity index (χ4v) is 4.29. The third-order valence-corrected chi connectivity index (χ3v) is 9.94. The number of nitrogens with zero attached hydrogens (tertiary/aromatic N) is 3. The summed E-state index contributed by atoms with van der Waals surface area (Å²) in [6.45, 7) is 10.8. The normalized spacial score (nSPS) is 22.2. The molecule has 0 atom stereocenters. The van der Waals surface area contributed by atoms with Gasteiger partial charge in [0.2, 0.25) is 5.82 Å². The average molecular weight is 371 g/mol. The van der Waals surface area contributed by atoms with Crippen molar-refractivity contribution < 1.29 is 17.6 Å². The first kappa shape index (κ1) is 18.4. The fraction of sp³-hybridized carbons (Fsp3) is 0.647. The Morgan fingerprint density at radius 3 is 2.40 bits per heavy atom. The Balaban J connectivity index is 1.83. The second kappa shape index (κ2) is 5.80. The highest BCUT2D eigenvalue weighted by Gasteiger charge is 2.46. The summed E-state index contributed by atoms with van der Waals surface area (Å²) in [5, 5.41) is 0.0818. The Hall–Kier alpha value is -1.41. The maximum Gasteiger partial charge on any atom is 0.449 e. The molecule has 4 nitrogen and oxygen atoms in total. The summed E-state index contributed by atoms with van der Waals surface area (Å²) in [4.78, 5) is 7.89. The second-order valence-electron chi connectivity index (χ2n) is 8.27. The molecule has 8 heteroatoms. The molecule has 0 aromatic carbocycles. The van der Waals surface area contributed by atoms with Crippen LogP contribution < -0.4 is 0 Å². The van der Waals surface area contributed by atoms with Crippen molar-refractivity contribution in [2.24, 2.45) is 0 Å². The van der Waals surface area contributed by atoms with Crippen LogP contribution in [-0.4, -0.2) is 29.0 Å². The lowest BCUT2D eigenvalue weighted by molar-refractivity contribution is -0.149. The van der Waals surface area contributed by atoms with Gasteiger partial charge >= 0.3 is 6.18 Å². The second-order valence-corrected chi connectivity index (χ2v) is 13.0. The topological polar surface area (TPSA) is 39.9 Å². The maximum atomic E-state index is 13.4. The predicted octanol–water partition coefficient (Wildman–Crippen LogP) is 5.18. The number of hydrogen-bond donors (Lipinski definition) is 0. The third kappa shape index (κ3) is 3.33. The molecule has 0 unspecified atom stereocenters. The molecule has 138 valence electrons. The van der Waals surface area contributed by atoms with E-state index in [9.17, 15) is 13.2 Å². The van der Waals surface area contributed by atoms with Crippen molar-refractivity contribution in [3.05, 3.63) is 24.2 Å². The Kier molecular flexibility index (Phi) is 4.27. The van der Waals surface area contributed by atoms with Crippen LogP contribution in [0.5, 0.6) is 0 Å². The van der Waals surface area contributed by atoms with Gasteiger partial charge in [-0.05, 0) is 43.1 Å². The number of alkyl halides is 3. The number of aromatic nitrogens is 3. The van der Waals surface area contributed by atoms with Crippen molar-refractivity contribution in [3.8, 4) is 0 Å². The molecule has 1 aliphatic rings. The molecule has 2 aromatic rings. The van der Waals surface area contributed by atoms with Gasteiger partial charge in [-0.2, -0.15) is 13.2 Å².